The lowest BCUT2D eigenvalue weighted by Gasteiger charge is -1.91. The molecule has 0 spiro atoms. The molecule has 0 N–H and O–H groups in total. The normalized spacial score (nSPS) is 7.40. The van der Waals surface area contributed by atoms with Gasteiger partial charge in [-0.1, -0.05) is 71.3 Å². The Labute approximate surface area is 130 Å². The molecule has 0 amide bonds. The Hall–Kier alpha value is -1.04. The van der Waals surface area contributed by atoms with E-state index in [-0.39, 0.29) is 0 Å². The Morgan fingerprint density at radius 1 is 0.550 bits per heavy atom. The maximum Gasteiger partial charge on any atom is -0.0353 e. The molecule has 0 heteroatoms. The zero-order valence-corrected chi connectivity index (χ0v) is 14.8. The molecule has 0 atom stereocenters. The van der Waals surface area contributed by atoms with Crippen molar-refractivity contribution in [1.82, 2.24) is 0 Å². The molecular weight excluding hydrogens is 240 g/mol. The minimum Gasteiger partial charge on any atom is -0.103 e. The lowest BCUT2D eigenvalue weighted by Crippen LogP contribution is -1.71. The first-order valence-electron chi connectivity index (χ1n) is 8.09. The van der Waals surface area contributed by atoms with Gasteiger partial charge >= 0.3 is 0 Å². The largest absolute Gasteiger partial charge is 0.103 e. The summed E-state index contributed by atoms with van der Waals surface area (Å²) < 4.78 is 0. The third-order valence-electron chi connectivity index (χ3n) is 2.13. The number of allylic oxidation sites excluding steroid dienone is 4. The molecular formula is C20H40. The molecule has 0 heterocycles. The van der Waals surface area contributed by atoms with Gasteiger partial charge in [0.1, 0.15) is 0 Å². The highest BCUT2D eigenvalue weighted by atomic mass is 13.9. The molecule has 0 fully saturated rings. The number of unbranched alkanes of at least 4 members (excludes halogenated alkanes) is 4. The maximum absolute atomic E-state index is 3.66. The molecule has 0 aromatic heterocycles. The van der Waals surface area contributed by atoms with Gasteiger partial charge in [-0.25, -0.2) is 0 Å². The highest BCUT2D eigenvalue weighted by Crippen LogP contribution is 2.01. The van der Waals surface area contributed by atoms with Gasteiger partial charge in [-0.15, -0.1) is 26.3 Å². The van der Waals surface area contributed by atoms with Crippen molar-refractivity contribution in [3.8, 4) is 0 Å². The summed E-state index contributed by atoms with van der Waals surface area (Å²) in [6.07, 6.45) is 17.5. The second-order valence-corrected chi connectivity index (χ2v) is 4.23. The Bertz CT molecular complexity index is 146. The van der Waals surface area contributed by atoms with Crippen LogP contribution in [0.2, 0.25) is 0 Å². The maximum atomic E-state index is 3.66. The van der Waals surface area contributed by atoms with Crippen LogP contribution < -0.4 is 0 Å². The van der Waals surface area contributed by atoms with Crippen LogP contribution in [0.25, 0.3) is 0 Å². The molecule has 0 aromatic rings. The van der Waals surface area contributed by atoms with Gasteiger partial charge in [-0.3, -0.25) is 0 Å². The lowest BCUT2D eigenvalue weighted by molar-refractivity contribution is 0.675. The molecule has 0 radical (unpaired) electrons. The first-order chi connectivity index (χ1) is 9.66. The van der Waals surface area contributed by atoms with Gasteiger partial charge in [0.25, 0.3) is 0 Å². The molecule has 0 saturated carbocycles. The first kappa shape index (κ1) is 27.3. The van der Waals surface area contributed by atoms with Crippen molar-refractivity contribution in [2.75, 3.05) is 0 Å². The van der Waals surface area contributed by atoms with Gasteiger partial charge in [0, 0.05) is 0 Å². The van der Waals surface area contributed by atoms with Gasteiger partial charge in [-0.2, -0.15) is 0 Å². The summed E-state index contributed by atoms with van der Waals surface area (Å²) >= 11 is 0. The minimum absolute atomic E-state index is 1.08. The van der Waals surface area contributed by atoms with Crippen LogP contribution in [-0.4, -0.2) is 0 Å². The Morgan fingerprint density at radius 2 is 0.900 bits per heavy atom. The third kappa shape index (κ3) is 89.2. The summed E-state index contributed by atoms with van der Waals surface area (Å²) in [6.45, 7) is 22.5. The highest BCUT2D eigenvalue weighted by Gasteiger charge is 1.81. The van der Waals surface area contributed by atoms with Crippen LogP contribution in [0.15, 0.2) is 50.6 Å². The van der Waals surface area contributed by atoms with E-state index in [4.69, 9.17) is 0 Å². The fraction of sp³-hybridized carbons (Fsp3) is 0.600. The molecule has 0 aliphatic heterocycles. The van der Waals surface area contributed by atoms with E-state index in [0.717, 1.165) is 19.3 Å². The SMILES string of the molecule is C=CCC.C=CCC.C=CCC.C=CCCCCCC. The molecule has 0 aromatic carbocycles. The summed E-state index contributed by atoms with van der Waals surface area (Å²) in [7, 11) is 0. The average molecular weight is 281 g/mol. The zero-order chi connectivity index (χ0) is 16.5. The van der Waals surface area contributed by atoms with Crippen molar-refractivity contribution >= 4 is 0 Å². The Balaban J connectivity index is -0.0000000917. The van der Waals surface area contributed by atoms with Crippen LogP contribution in [0.5, 0.6) is 0 Å². The fourth-order valence-electron chi connectivity index (χ4n) is 0.715. The van der Waals surface area contributed by atoms with Gasteiger partial charge in [0.2, 0.25) is 0 Å². The van der Waals surface area contributed by atoms with Crippen molar-refractivity contribution in [3.63, 3.8) is 0 Å². The van der Waals surface area contributed by atoms with Gasteiger partial charge in [0.15, 0.2) is 0 Å². The molecule has 20 heavy (non-hydrogen) atoms. The van der Waals surface area contributed by atoms with Crippen LogP contribution in [-0.2, 0) is 0 Å². The summed E-state index contributed by atoms with van der Waals surface area (Å²) in [5, 5.41) is 0. The number of hydrogen-bond donors (Lipinski definition) is 0. The number of hydrogen-bond acceptors (Lipinski definition) is 0. The van der Waals surface area contributed by atoms with Crippen molar-refractivity contribution in [3.05, 3.63) is 50.6 Å². The van der Waals surface area contributed by atoms with Crippen LogP contribution in [0.4, 0.5) is 0 Å². The van der Waals surface area contributed by atoms with Crippen LogP contribution in [0.1, 0.15) is 79.1 Å². The molecule has 0 nitrogen and oxygen atoms in total. The molecule has 0 aliphatic rings. The molecule has 0 rings (SSSR count). The molecule has 0 aliphatic carbocycles. The quantitative estimate of drug-likeness (QED) is 0.313. The minimum atomic E-state index is 1.08. The van der Waals surface area contributed by atoms with Gasteiger partial charge < -0.3 is 0 Å². The molecule has 0 unspecified atom stereocenters. The van der Waals surface area contributed by atoms with E-state index >= 15 is 0 Å². The summed E-state index contributed by atoms with van der Waals surface area (Å²) in [5.74, 6) is 0. The predicted octanol–water partition coefficient (Wildman–Crippen LogP) is 7.89. The second-order valence-electron chi connectivity index (χ2n) is 4.23. The summed E-state index contributed by atoms with van der Waals surface area (Å²) in [6, 6.07) is 0. The second kappa shape index (κ2) is 43.0. The molecule has 120 valence electrons. The van der Waals surface area contributed by atoms with E-state index in [0.29, 0.717) is 0 Å². The van der Waals surface area contributed by atoms with E-state index in [1.807, 2.05) is 24.3 Å². The Kier molecular flexibility index (Phi) is 58.8. The first-order valence-corrected chi connectivity index (χ1v) is 8.09. The number of rotatable bonds is 8. The van der Waals surface area contributed by atoms with E-state index in [1.165, 1.54) is 32.1 Å². The van der Waals surface area contributed by atoms with Gasteiger partial charge in [0.05, 0.1) is 0 Å². The van der Waals surface area contributed by atoms with Crippen molar-refractivity contribution in [2.24, 2.45) is 0 Å². The van der Waals surface area contributed by atoms with E-state index in [1.54, 1.807) is 0 Å². The van der Waals surface area contributed by atoms with Crippen molar-refractivity contribution < 1.29 is 0 Å². The average Bonchev–Trinajstić information content (AvgIpc) is 2.52. The fourth-order valence-corrected chi connectivity index (χ4v) is 0.715. The van der Waals surface area contributed by atoms with Crippen molar-refractivity contribution in [1.29, 1.82) is 0 Å². The summed E-state index contributed by atoms with van der Waals surface area (Å²) in [5.41, 5.74) is 0. The molecule has 0 saturated heterocycles. The van der Waals surface area contributed by atoms with Gasteiger partial charge in [-0.05, 0) is 32.1 Å². The molecule has 0 bridgehead atoms. The van der Waals surface area contributed by atoms with Crippen LogP contribution in [0, 0.1) is 0 Å². The third-order valence-corrected chi connectivity index (χ3v) is 2.13. The topological polar surface area (TPSA) is 0 Å². The monoisotopic (exact) mass is 280 g/mol. The van der Waals surface area contributed by atoms with E-state index in [2.05, 4.69) is 54.0 Å². The highest BCUT2D eigenvalue weighted by molar-refractivity contribution is 4.65. The summed E-state index contributed by atoms with van der Waals surface area (Å²) in [4.78, 5) is 0. The zero-order valence-electron chi connectivity index (χ0n) is 14.8. The van der Waals surface area contributed by atoms with E-state index in [9.17, 15) is 0 Å². The smallest absolute Gasteiger partial charge is 0.0353 e. The lowest BCUT2D eigenvalue weighted by atomic mass is 10.2. The standard InChI is InChI=1S/C8H16.3C4H8/c1-3-5-7-8-6-4-2;3*1-3-4-2/h3H,1,4-8H2,2H3;3*3H,1,4H2,2H3. The van der Waals surface area contributed by atoms with E-state index < -0.39 is 0 Å². The van der Waals surface area contributed by atoms with Crippen LogP contribution >= 0.6 is 0 Å². The Morgan fingerprint density at radius 3 is 1.10 bits per heavy atom. The predicted molar refractivity (Wildman–Crippen MR) is 100 cm³/mol. The van der Waals surface area contributed by atoms with Crippen LogP contribution in [0.3, 0.4) is 0 Å². The van der Waals surface area contributed by atoms with Crippen molar-refractivity contribution in [2.45, 2.75) is 79.1 Å².